The minimum atomic E-state index is -0.589. The summed E-state index contributed by atoms with van der Waals surface area (Å²) in [5, 5.41) is 14.6. The Balaban J connectivity index is 1.50. The molecular formula is C19H17FN4O3. The number of nitriles is 1. The number of nitrogens with one attached hydrogen (secondary N) is 2. The summed E-state index contributed by atoms with van der Waals surface area (Å²) in [6, 6.07) is 12.8. The first-order valence-corrected chi connectivity index (χ1v) is 8.35. The predicted molar refractivity (Wildman–Crippen MR) is 97.1 cm³/mol. The molecule has 8 heteroatoms. The Kier molecular flexibility index (Phi) is 5.52. The van der Waals surface area contributed by atoms with Crippen molar-refractivity contribution in [3.63, 3.8) is 0 Å². The molecule has 138 valence electrons. The van der Waals surface area contributed by atoms with E-state index in [4.69, 9.17) is 10.00 Å². The first-order valence-electron chi connectivity index (χ1n) is 8.35. The van der Waals surface area contributed by atoms with Crippen LogP contribution in [-0.2, 0) is 4.74 Å². The summed E-state index contributed by atoms with van der Waals surface area (Å²) in [4.78, 5) is 25.2. The van der Waals surface area contributed by atoms with Gasteiger partial charge in [-0.05, 0) is 36.4 Å². The molecule has 1 aliphatic rings. The van der Waals surface area contributed by atoms with Crippen LogP contribution in [0.15, 0.2) is 42.5 Å². The van der Waals surface area contributed by atoms with Crippen LogP contribution in [0.4, 0.5) is 20.6 Å². The van der Waals surface area contributed by atoms with Crippen LogP contribution in [0.3, 0.4) is 0 Å². The fourth-order valence-corrected chi connectivity index (χ4v) is 2.68. The number of amides is 2. The van der Waals surface area contributed by atoms with Crippen LogP contribution in [0, 0.1) is 17.1 Å². The Morgan fingerprint density at radius 1 is 1.22 bits per heavy atom. The monoisotopic (exact) mass is 368 g/mol. The summed E-state index contributed by atoms with van der Waals surface area (Å²) in [5.41, 5.74) is 1.45. The minimum absolute atomic E-state index is 0.0557. The first kappa shape index (κ1) is 18.2. The second kappa shape index (κ2) is 8.19. The van der Waals surface area contributed by atoms with E-state index >= 15 is 0 Å². The van der Waals surface area contributed by atoms with E-state index in [1.807, 2.05) is 6.07 Å². The zero-order chi connectivity index (χ0) is 19.2. The van der Waals surface area contributed by atoms with E-state index in [9.17, 15) is 14.0 Å². The molecule has 0 aliphatic carbocycles. The highest BCUT2D eigenvalue weighted by atomic mass is 19.1. The fraction of sp³-hybridized carbons (Fsp3) is 0.211. The fourth-order valence-electron chi connectivity index (χ4n) is 2.68. The van der Waals surface area contributed by atoms with Crippen LogP contribution in [0.2, 0.25) is 0 Å². The SMILES string of the molecule is N#Cc1c(F)cccc1NCCNC(=O)c1ccc(N2CCOC2=O)cc1. The largest absolute Gasteiger partial charge is 0.447 e. The van der Waals surface area contributed by atoms with Crippen LogP contribution in [0.1, 0.15) is 15.9 Å². The van der Waals surface area contributed by atoms with Crippen molar-refractivity contribution in [1.29, 1.82) is 5.26 Å². The lowest BCUT2D eigenvalue weighted by Crippen LogP contribution is -2.29. The molecule has 0 atom stereocenters. The van der Waals surface area contributed by atoms with Crippen molar-refractivity contribution in [2.75, 3.05) is 36.5 Å². The van der Waals surface area contributed by atoms with Gasteiger partial charge >= 0.3 is 6.09 Å². The van der Waals surface area contributed by atoms with Gasteiger partial charge in [0.1, 0.15) is 24.1 Å². The van der Waals surface area contributed by atoms with Gasteiger partial charge in [-0.25, -0.2) is 9.18 Å². The number of rotatable bonds is 6. The van der Waals surface area contributed by atoms with Gasteiger partial charge in [-0.15, -0.1) is 0 Å². The van der Waals surface area contributed by atoms with Gasteiger partial charge in [-0.1, -0.05) is 6.07 Å². The predicted octanol–water partition coefficient (Wildman–Crippen LogP) is 2.50. The maximum atomic E-state index is 13.5. The van der Waals surface area contributed by atoms with Crippen molar-refractivity contribution in [2.45, 2.75) is 0 Å². The Morgan fingerprint density at radius 2 is 2.00 bits per heavy atom. The maximum absolute atomic E-state index is 13.5. The summed E-state index contributed by atoms with van der Waals surface area (Å²) in [6.45, 7) is 1.47. The number of nitrogens with zero attached hydrogens (tertiary/aromatic N) is 2. The number of benzene rings is 2. The van der Waals surface area contributed by atoms with Gasteiger partial charge in [0.15, 0.2) is 0 Å². The molecule has 2 aromatic rings. The van der Waals surface area contributed by atoms with Crippen LogP contribution >= 0.6 is 0 Å². The molecule has 1 fully saturated rings. The average Bonchev–Trinajstić information content (AvgIpc) is 3.11. The van der Waals surface area contributed by atoms with Crippen molar-refractivity contribution in [3.05, 3.63) is 59.4 Å². The van der Waals surface area contributed by atoms with E-state index in [0.29, 0.717) is 43.2 Å². The Labute approximate surface area is 155 Å². The lowest BCUT2D eigenvalue weighted by molar-refractivity contribution is 0.0955. The molecule has 0 bridgehead atoms. The van der Waals surface area contributed by atoms with Gasteiger partial charge in [0.2, 0.25) is 0 Å². The van der Waals surface area contributed by atoms with Crippen molar-refractivity contribution in [1.82, 2.24) is 5.32 Å². The Morgan fingerprint density at radius 3 is 2.67 bits per heavy atom. The third-order valence-electron chi connectivity index (χ3n) is 4.05. The van der Waals surface area contributed by atoms with Crippen LogP contribution in [0.5, 0.6) is 0 Å². The Hall–Kier alpha value is -3.60. The molecule has 1 saturated heterocycles. The van der Waals surface area contributed by atoms with Gasteiger partial charge in [0.25, 0.3) is 5.91 Å². The number of carbonyl (C=O) groups excluding carboxylic acids is 2. The standard InChI is InChI=1S/C19H17FN4O3/c20-16-2-1-3-17(15(16)12-21)22-8-9-23-18(25)13-4-6-14(7-5-13)24-10-11-27-19(24)26/h1-7,22H,8-11H2,(H,23,25). The molecule has 1 heterocycles. The summed E-state index contributed by atoms with van der Waals surface area (Å²) in [7, 11) is 0. The number of ether oxygens (including phenoxy) is 1. The summed E-state index contributed by atoms with van der Waals surface area (Å²) < 4.78 is 18.4. The van der Waals surface area contributed by atoms with Gasteiger partial charge in [-0.3, -0.25) is 9.69 Å². The normalized spacial score (nSPS) is 13.0. The molecule has 0 aromatic heterocycles. The number of cyclic esters (lactones) is 1. The third kappa shape index (κ3) is 4.15. The van der Waals surface area contributed by atoms with E-state index in [-0.39, 0.29) is 11.5 Å². The summed E-state index contributed by atoms with van der Waals surface area (Å²) in [5.74, 6) is -0.861. The molecule has 3 rings (SSSR count). The van der Waals surface area contributed by atoms with Gasteiger partial charge in [0, 0.05) is 24.3 Å². The van der Waals surface area contributed by atoms with E-state index < -0.39 is 11.9 Å². The number of halogens is 1. The second-order valence-corrected chi connectivity index (χ2v) is 5.77. The highest BCUT2D eigenvalue weighted by molar-refractivity contribution is 5.95. The van der Waals surface area contributed by atoms with E-state index in [2.05, 4.69) is 10.6 Å². The molecule has 2 amide bonds. The summed E-state index contributed by atoms with van der Waals surface area (Å²) in [6.07, 6.45) is -0.396. The van der Waals surface area contributed by atoms with Crippen LogP contribution < -0.4 is 15.5 Å². The first-order chi connectivity index (χ1) is 13.1. The van der Waals surface area contributed by atoms with E-state index in [0.717, 1.165) is 0 Å². The minimum Gasteiger partial charge on any atom is -0.447 e. The smallest absolute Gasteiger partial charge is 0.414 e. The van der Waals surface area contributed by atoms with Gasteiger partial charge in [0.05, 0.1) is 12.2 Å². The zero-order valence-electron chi connectivity index (χ0n) is 14.4. The Bertz CT molecular complexity index is 893. The van der Waals surface area contributed by atoms with Crippen molar-refractivity contribution in [2.24, 2.45) is 0 Å². The quantitative estimate of drug-likeness (QED) is 0.764. The molecule has 7 nitrogen and oxygen atoms in total. The lowest BCUT2D eigenvalue weighted by Gasteiger charge is -2.13. The third-order valence-corrected chi connectivity index (χ3v) is 4.05. The van der Waals surface area contributed by atoms with Crippen LogP contribution in [0.25, 0.3) is 0 Å². The van der Waals surface area contributed by atoms with Crippen molar-refractivity contribution in [3.8, 4) is 6.07 Å². The topological polar surface area (TPSA) is 94.5 Å². The molecule has 1 aliphatic heterocycles. The average molecular weight is 368 g/mol. The number of carbonyl (C=O) groups is 2. The number of hydrogen-bond acceptors (Lipinski definition) is 5. The van der Waals surface area contributed by atoms with Crippen molar-refractivity contribution < 1.29 is 18.7 Å². The van der Waals surface area contributed by atoms with Crippen molar-refractivity contribution >= 4 is 23.4 Å². The lowest BCUT2D eigenvalue weighted by atomic mass is 10.2. The number of anilines is 2. The second-order valence-electron chi connectivity index (χ2n) is 5.77. The van der Waals surface area contributed by atoms with Gasteiger partial charge < -0.3 is 15.4 Å². The molecular weight excluding hydrogens is 351 g/mol. The molecule has 0 radical (unpaired) electrons. The molecule has 0 unspecified atom stereocenters. The zero-order valence-corrected chi connectivity index (χ0v) is 14.4. The molecule has 0 saturated carbocycles. The van der Waals surface area contributed by atoms with Gasteiger partial charge in [-0.2, -0.15) is 5.26 Å². The molecule has 0 spiro atoms. The molecule has 2 aromatic carbocycles. The van der Waals surface area contributed by atoms with E-state index in [1.165, 1.54) is 17.0 Å². The van der Waals surface area contributed by atoms with Crippen LogP contribution in [-0.4, -0.2) is 38.2 Å². The summed E-state index contributed by atoms with van der Waals surface area (Å²) >= 11 is 0. The highest BCUT2D eigenvalue weighted by Gasteiger charge is 2.23. The molecule has 2 N–H and O–H groups in total. The highest BCUT2D eigenvalue weighted by Crippen LogP contribution is 2.19. The molecule has 27 heavy (non-hydrogen) atoms. The maximum Gasteiger partial charge on any atom is 0.414 e. The number of hydrogen-bond donors (Lipinski definition) is 2. The van der Waals surface area contributed by atoms with E-state index in [1.54, 1.807) is 30.3 Å².